The van der Waals surface area contributed by atoms with Crippen LogP contribution in [0.1, 0.15) is 19.4 Å². The minimum absolute atomic E-state index is 0.350. The Morgan fingerprint density at radius 3 is 2.43 bits per heavy atom. The Balaban J connectivity index is 2.29. The van der Waals surface area contributed by atoms with Crippen LogP contribution in [0, 0.1) is 5.41 Å². The van der Waals surface area contributed by atoms with E-state index < -0.39 is 0 Å². The molecule has 0 aliphatic rings. The molecule has 0 saturated heterocycles. The molecule has 0 heterocycles. The monoisotopic (exact) mass is 226 g/mol. The maximum Gasteiger partial charge on any atom is 0.0184 e. The van der Waals surface area contributed by atoms with E-state index in [1.54, 1.807) is 0 Å². The van der Waals surface area contributed by atoms with Crippen LogP contribution in [0.4, 0.5) is 0 Å². The van der Waals surface area contributed by atoms with E-state index in [-0.39, 0.29) is 0 Å². The molecule has 78 valence electrons. The highest BCUT2D eigenvalue weighted by atomic mass is 32.2. The van der Waals surface area contributed by atoms with E-state index in [1.807, 2.05) is 11.8 Å². The summed E-state index contributed by atoms with van der Waals surface area (Å²) < 4.78 is 0. The van der Waals surface area contributed by atoms with E-state index >= 15 is 0 Å². The minimum Gasteiger partial charge on any atom is -0.179 e. The second kappa shape index (κ2) is 5.72. The Bertz CT molecular complexity index is 254. The first-order chi connectivity index (χ1) is 6.64. The van der Waals surface area contributed by atoms with Crippen molar-refractivity contribution in [1.29, 1.82) is 0 Å². The van der Waals surface area contributed by atoms with E-state index in [1.165, 1.54) is 11.3 Å². The van der Waals surface area contributed by atoms with Crippen LogP contribution >= 0.6 is 24.4 Å². The van der Waals surface area contributed by atoms with Crippen LogP contribution in [-0.4, -0.2) is 11.5 Å². The Morgan fingerprint density at radius 1 is 1.21 bits per heavy atom. The fraction of sp³-hybridized carbons (Fsp3) is 0.500. The number of thiol groups is 1. The van der Waals surface area contributed by atoms with Crippen molar-refractivity contribution in [2.75, 3.05) is 11.5 Å². The zero-order chi connectivity index (χ0) is 10.4. The van der Waals surface area contributed by atoms with E-state index in [9.17, 15) is 0 Å². The quantitative estimate of drug-likeness (QED) is 0.744. The van der Waals surface area contributed by atoms with Gasteiger partial charge in [-0.05, 0) is 22.5 Å². The Hall–Kier alpha value is -0.0800. The first kappa shape index (κ1) is 12.0. The predicted molar refractivity (Wildman–Crippen MR) is 70.2 cm³/mol. The summed E-state index contributed by atoms with van der Waals surface area (Å²) in [4.78, 5) is 0. The highest BCUT2D eigenvalue weighted by Gasteiger charge is 2.14. The topological polar surface area (TPSA) is 0 Å². The molecule has 0 aliphatic heterocycles. The van der Waals surface area contributed by atoms with Gasteiger partial charge in [-0.2, -0.15) is 24.4 Å². The van der Waals surface area contributed by atoms with Crippen LogP contribution in [0.3, 0.4) is 0 Å². The molecule has 1 aromatic rings. The average Bonchev–Trinajstić information content (AvgIpc) is 2.19. The molecular weight excluding hydrogens is 208 g/mol. The molecule has 0 aliphatic carbocycles. The van der Waals surface area contributed by atoms with Gasteiger partial charge in [0.15, 0.2) is 0 Å². The largest absolute Gasteiger partial charge is 0.179 e. The van der Waals surface area contributed by atoms with E-state index in [0.717, 1.165) is 11.5 Å². The molecule has 0 unspecified atom stereocenters. The lowest BCUT2D eigenvalue weighted by Gasteiger charge is -2.21. The molecule has 0 nitrogen and oxygen atoms in total. The summed E-state index contributed by atoms with van der Waals surface area (Å²) in [5, 5.41) is 0. The van der Waals surface area contributed by atoms with Crippen molar-refractivity contribution in [3.8, 4) is 0 Å². The number of thioether (sulfide) groups is 1. The fourth-order valence-corrected chi connectivity index (χ4v) is 2.51. The highest BCUT2D eigenvalue weighted by Crippen LogP contribution is 2.25. The van der Waals surface area contributed by atoms with Crippen molar-refractivity contribution in [3.63, 3.8) is 0 Å². The third kappa shape index (κ3) is 4.43. The summed E-state index contributed by atoms with van der Waals surface area (Å²) in [7, 11) is 0. The molecule has 14 heavy (non-hydrogen) atoms. The van der Waals surface area contributed by atoms with Crippen molar-refractivity contribution in [3.05, 3.63) is 35.9 Å². The van der Waals surface area contributed by atoms with Crippen molar-refractivity contribution in [2.45, 2.75) is 19.6 Å². The van der Waals surface area contributed by atoms with Crippen LogP contribution in [0.15, 0.2) is 30.3 Å². The van der Waals surface area contributed by atoms with Gasteiger partial charge in [-0.15, -0.1) is 0 Å². The van der Waals surface area contributed by atoms with Crippen LogP contribution in [0.5, 0.6) is 0 Å². The summed E-state index contributed by atoms with van der Waals surface area (Å²) in [5.41, 5.74) is 1.76. The van der Waals surface area contributed by atoms with Crippen LogP contribution in [0.25, 0.3) is 0 Å². The van der Waals surface area contributed by atoms with Crippen LogP contribution in [0.2, 0.25) is 0 Å². The predicted octanol–water partition coefficient (Wildman–Crippen LogP) is 3.88. The average molecular weight is 226 g/mol. The van der Waals surface area contributed by atoms with E-state index in [2.05, 4.69) is 56.8 Å². The van der Waals surface area contributed by atoms with E-state index in [0.29, 0.717) is 5.41 Å². The van der Waals surface area contributed by atoms with Gasteiger partial charge in [0, 0.05) is 5.75 Å². The van der Waals surface area contributed by atoms with Gasteiger partial charge in [0.2, 0.25) is 0 Å². The summed E-state index contributed by atoms with van der Waals surface area (Å²) in [6.07, 6.45) is 0. The van der Waals surface area contributed by atoms with Gasteiger partial charge in [-0.3, -0.25) is 0 Å². The zero-order valence-corrected chi connectivity index (χ0v) is 10.6. The molecule has 2 heteroatoms. The summed E-state index contributed by atoms with van der Waals surface area (Å²) in [5.74, 6) is 3.23. The van der Waals surface area contributed by atoms with Gasteiger partial charge in [-0.1, -0.05) is 44.2 Å². The molecule has 1 rings (SSSR count). The van der Waals surface area contributed by atoms with Crippen LogP contribution < -0.4 is 0 Å². The number of benzene rings is 1. The minimum atomic E-state index is 0.350. The molecule has 0 radical (unpaired) electrons. The summed E-state index contributed by atoms with van der Waals surface area (Å²) in [6, 6.07) is 10.6. The fourth-order valence-electron chi connectivity index (χ4n) is 1.07. The molecular formula is C12H18S2. The zero-order valence-electron chi connectivity index (χ0n) is 8.86. The lowest BCUT2D eigenvalue weighted by Crippen LogP contribution is -2.16. The molecule has 0 atom stereocenters. The number of rotatable bonds is 5. The first-order valence-corrected chi connectivity index (χ1v) is 6.65. The molecule has 0 amide bonds. The second-order valence-corrected chi connectivity index (χ2v) is 5.60. The normalized spacial score (nSPS) is 11.6. The second-order valence-electron chi connectivity index (χ2n) is 4.30. The molecule has 0 saturated carbocycles. The lowest BCUT2D eigenvalue weighted by molar-refractivity contribution is 0.493. The number of hydrogen-bond donors (Lipinski definition) is 1. The van der Waals surface area contributed by atoms with Gasteiger partial charge >= 0.3 is 0 Å². The van der Waals surface area contributed by atoms with Crippen molar-refractivity contribution >= 4 is 24.4 Å². The highest BCUT2D eigenvalue weighted by molar-refractivity contribution is 7.98. The van der Waals surface area contributed by atoms with E-state index in [4.69, 9.17) is 0 Å². The molecule has 0 N–H and O–H groups in total. The standard InChI is InChI=1S/C12H18S2/c1-12(2,9-13)10-14-8-11-6-4-3-5-7-11/h3-7,13H,8-10H2,1-2H3. The van der Waals surface area contributed by atoms with Gasteiger partial charge in [0.25, 0.3) is 0 Å². The molecule has 0 spiro atoms. The maximum absolute atomic E-state index is 4.35. The third-order valence-corrected chi connectivity index (χ3v) is 4.41. The molecule has 0 fully saturated rings. The van der Waals surface area contributed by atoms with Gasteiger partial charge < -0.3 is 0 Å². The van der Waals surface area contributed by atoms with Crippen molar-refractivity contribution in [2.24, 2.45) is 5.41 Å². The molecule has 0 aromatic heterocycles. The van der Waals surface area contributed by atoms with Gasteiger partial charge in [-0.25, -0.2) is 0 Å². The van der Waals surface area contributed by atoms with Crippen LogP contribution in [-0.2, 0) is 5.75 Å². The SMILES string of the molecule is CC(C)(CS)CSCc1ccccc1. The van der Waals surface area contributed by atoms with Crippen molar-refractivity contribution in [1.82, 2.24) is 0 Å². The Kier molecular flexibility index (Phi) is 4.90. The van der Waals surface area contributed by atoms with Gasteiger partial charge in [0.05, 0.1) is 0 Å². The number of hydrogen-bond acceptors (Lipinski definition) is 2. The van der Waals surface area contributed by atoms with Crippen molar-refractivity contribution < 1.29 is 0 Å². The molecule has 1 aromatic carbocycles. The summed E-state index contributed by atoms with van der Waals surface area (Å²) in [6.45, 7) is 4.52. The summed E-state index contributed by atoms with van der Waals surface area (Å²) >= 11 is 6.34. The Morgan fingerprint density at radius 2 is 1.86 bits per heavy atom. The third-order valence-electron chi connectivity index (χ3n) is 2.03. The van der Waals surface area contributed by atoms with Gasteiger partial charge in [0.1, 0.15) is 0 Å². The Labute approximate surface area is 96.9 Å². The maximum atomic E-state index is 4.35. The smallest absolute Gasteiger partial charge is 0.0184 e. The lowest BCUT2D eigenvalue weighted by atomic mass is 10.0. The first-order valence-electron chi connectivity index (χ1n) is 4.86. The molecule has 0 bridgehead atoms.